The third kappa shape index (κ3) is 2.27. The number of hydrogen-bond donors (Lipinski definition) is 2. The highest BCUT2D eigenvalue weighted by atomic mass is 19.4. The highest BCUT2D eigenvalue weighted by Crippen LogP contribution is 2.37. The molecule has 0 radical (unpaired) electrons. The van der Waals surface area contributed by atoms with Gasteiger partial charge in [-0.1, -0.05) is 6.07 Å². The zero-order valence-electron chi connectivity index (χ0n) is 8.04. The molecular weight excluding hydrogens is 209 g/mol. The van der Waals surface area contributed by atoms with Crippen molar-refractivity contribution in [2.24, 2.45) is 5.73 Å². The van der Waals surface area contributed by atoms with Crippen LogP contribution in [0.1, 0.15) is 18.3 Å². The summed E-state index contributed by atoms with van der Waals surface area (Å²) in [5, 5.41) is 9.31. The fraction of sp³-hybridized carbons (Fsp3) is 0.444. The zero-order valence-corrected chi connectivity index (χ0v) is 8.04. The summed E-state index contributed by atoms with van der Waals surface area (Å²) in [5.41, 5.74) is 2.16. The van der Waals surface area contributed by atoms with Gasteiger partial charge >= 0.3 is 6.18 Å². The summed E-state index contributed by atoms with van der Waals surface area (Å²) < 4.78 is 37.3. The molecule has 0 fully saturated rings. The molecule has 3 N–H and O–H groups in total. The number of nitrogens with zero attached hydrogens (tertiary/aromatic N) is 1. The van der Waals surface area contributed by atoms with E-state index >= 15 is 0 Å². The summed E-state index contributed by atoms with van der Waals surface area (Å²) in [6.07, 6.45) is -4.76. The summed E-state index contributed by atoms with van der Waals surface area (Å²) in [4.78, 5) is 3.63. The molecular formula is C9H11F3N2O. The fourth-order valence-corrected chi connectivity index (χ4v) is 1.01. The van der Waals surface area contributed by atoms with Gasteiger partial charge in [-0.15, -0.1) is 0 Å². The second-order valence-electron chi connectivity index (χ2n) is 3.29. The molecule has 6 heteroatoms. The Morgan fingerprint density at radius 1 is 1.40 bits per heavy atom. The van der Waals surface area contributed by atoms with Gasteiger partial charge in [0.2, 0.25) is 0 Å². The molecule has 1 aromatic heterocycles. The Labute approximate surface area is 84.7 Å². The first-order chi connectivity index (χ1) is 6.79. The van der Waals surface area contributed by atoms with Gasteiger partial charge < -0.3 is 10.8 Å². The normalized spacial score (nSPS) is 16.1. The van der Waals surface area contributed by atoms with Crippen molar-refractivity contribution in [2.45, 2.75) is 25.2 Å². The van der Waals surface area contributed by atoms with Crippen LogP contribution in [0.15, 0.2) is 18.2 Å². The highest BCUT2D eigenvalue weighted by molar-refractivity contribution is 5.18. The molecule has 1 heterocycles. The highest BCUT2D eigenvalue weighted by Gasteiger charge is 2.52. The minimum Gasteiger partial charge on any atom is -0.375 e. The Kier molecular flexibility index (Phi) is 3.01. The van der Waals surface area contributed by atoms with Crippen LogP contribution in [0, 0.1) is 0 Å². The van der Waals surface area contributed by atoms with Gasteiger partial charge in [-0.2, -0.15) is 13.2 Å². The van der Waals surface area contributed by atoms with Gasteiger partial charge in [0, 0.05) is 6.54 Å². The predicted molar refractivity (Wildman–Crippen MR) is 47.8 cm³/mol. The Hall–Kier alpha value is -1.14. The SMILES string of the molecule is CC(O)(c1cccc(CN)n1)C(F)(F)F. The number of nitrogens with two attached hydrogens (primary N) is 1. The molecule has 0 spiro atoms. The van der Waals surface area contributed by atoms with E-state index in [2.05, 4.69) is 4.98 Å². The minimum atomic E-state index is -4.76. The van der Waals surface area contributed by atoms with Crippen molar-refractivity contribution in [3.8, 4) is 0 Å². The molecule has 15 heavy (non-hydrogen) atoms. The van der Waals surface area contributed by atoms with Crippen LogP contribution < -0.4 is 5.73 Å². The first-order valence-electron chi connectivity index (χ1n) is 4.24. The Bertz CT molecular complexity index is 349. The Morgan fingerprint density at radius 3 is 2.47 bits per heavy atom. The maximum atomic E-state index is 12.4. The maximum absolute atomic E-state index is 12.4. The molecule has 0 saturated heterocycles. The molecule has 1 unspecified atom stereocenters. The number of alkyl halides is 3. The molecule has 0 bridgehead atoms. The van der Waals surface area contributed by atoms with Crippen LogP contribution in [0.25, 0.3) is 0 Å². The van der Waals surface area contributed by atoms with Crippen molar-refractivity contribution in [1.82, 2.24) is 4.98 Å². The third-order valence-corrected chi connectivity index (χ3v) is 2.07. The molecule has 0 aliphatic heterocycles. The van der Waals surface area contributed by atoms with Crippen molar-refractivity contribution in [3.05, 3.63) is 29.6 Å². The lowest BCUT2D eigenvalue weighted by Crippen LogP contribution is -2.40. The number of halogens is 3. The van der Waals surface area contributed by atoms with E-state index in [4.69, 9.17) is 5.73 Å². The molecule has 1 rings (SSSR count). The maximum Gasteiger partial charge on any atom is 0.422 e. The second-order valence-corrected chi connectivity index (χ2v) is 3.29. The van der Waals surface area contributed by atoms with Gasteiger partial charge in [-0.05, 0) is 19.1 Å². The molecule has 0 saturated carbocycles. The topological polar surface area (TPSA) is 59.1 Å². The lowest BCUT2D eigenvalue weighted by molar-refractivity contribution is -0.260. The van der Waals surface area contributed by atoms with Gasteiger partial charge in [0.15, 0.2) is 5.60 Å². The number of rotatable bonds is 2. The predicted octanol–water partition coefficient (Wildman–Crippen LogP) is 1.31. The van der Waals surface area contributed by atoms with E-state index in [9.17, 15) is 18.3 Å². The molecule has 0 aromatic carbocycles. The molecule has 1 atom stereocenters. The van der Waals surface area contributed by atoms with Crippen LogP contribution >= 0.6 is 0 Å². The molecule has 1 aromatic rings. The molecule has 0 amide bonds. The summed E-state index contributed by atoms with van der Waals surface area (Å²) in [7, 11) is 0. The van der Waals surface area contributed by atoms with Crippen LogP contribution in [0.4, 0.5) is 13.2 Å². The van der Waals surface area contributed by atoms with Crippen molar-refractivity contribution < 1.29 is 18.3 Å². The monoisotopic (exact) mass is 220 g/mol. The van der Waals surface area contributed by atoms with Gasteiger partial charge in [0.25, 0.3) is 0 Å². The van der Waals surface area contributed by atoms with E-state index in [1.165, 1.54) is 12.1 Å². The molecule has 0 aliphatic rings. The average Bonchev–Trinajstić information content (AvgIpc) is 2.16. The smallest absolute Gasteiger partial charge is 0.375 e. The van der Waals surface area contributed by atoms with E-state index in [0.29, 0.717) is 12.6 Å². The standard InChI is InChI=1S/C9H11F3N2O/c1-8(15,9(10,11)12)7-4-2-3-6(5-13)14-7/h2-4,15H,5,13H2,1H3. The Morgan fingerprint density at radius 2 is 2.00 bits per heavy atom. The zero-order chi connectivity index (χ0) is 11.7. The summed E-state index contributed by atoms with van der Waals surface area (Å²) in [6, 6.07) is 3.99. The van der Waals surface area contributed by atoms with Crippen molar-refractivity contribution >= 4 is 0 Å². The van der Waals surface area contributed by atoms with Gasteiger partial charge in [-0.3, -0.25) is 4.98 Å². The van der Waals surface area contributed by atoms with Gasteiger partial charge in [0.1, 0.15) is 0 Å². The van der Waals surface area contributed by atoms with Crippen LogP contribution in [0.3, 0.4) is 0 Å². The van der Waals surface area contributed by atoms with Gasteiger partial charge in [0.05, 0.1) is 11.4 Å². The average molecular weight is 220 g/mol. The van der Waals surface area contributed by atoms with Gasteiger partial charge in [-0.25, -0.2) is 0 Å². The summed E-state index contributed by atoms with van der Waals surface area (Å²) in [6.45, 7) is 0.692. The first kappa shape index (κ1) is 11.9. The van der Waals surface area contributed by atoms with Crippen molar-refractivity contribution in [2.75, 3.05) is 0 Å². The quantitative estimate of drug-likeness (QED) is 0.790. The third-order valence-electron chi connectivity index (χ3n) is 2.07. The lowest BCUT2D eigenvalue weighted by Gasteiger charge is -2.25. The van der Waals surface area contributed by atoms with Crippen LogP contribution in [-0.4, -0.2) is 16.3 Å². The molecule has 3 nitrogen and oxygen atoms in total. The second kappa shape index (κ2) is 3.79. The largest absolute Gasteiger partial charge is 0.422 e. The first-order valence-corrected chi connectivity index (χ1v) is 4.24. The lowest BCUT2D eigenvalue weighted by atomic mass is 10.0. The van der Waals surface area contributed by atoms with Crippen LogP contribution in [-0.2, 0) is 12.1 Å². The number of aliphatic hydroxyl groups is 1. The summed E-state index contributed by atoms with van der Waals surface area (Å²) >= 11 is 0. The molecule has 84 valence electrons. The minimum absolute atomic E-state index is 0.0295. The van der Waals surface area contributed by atoms with E-state index in [1.54, 1.807) is 0 Å². The van der Waals surface area contributed by atoms with Crippen LogP contribution in [0.2, 0.25) is 0 Å². The van der Waals surface area contributed by atoms with E-state index in [1.807, 2.05) is 0 Å². The Balaban J connectivity index is 3.15. The number of pyridine rings is 1. The molecule has 0 aliphatic carbocycles. The fourth-order valence-electron chi connectivity index (χ4n) is 1.01. The van der Waals surface area contributed by atoms with Crippen molar-refractivity contribution in [3.63, 3.8) is 0 Å². The summed E-state index contributed by atoms with van der Waals surface area (Å²) in [5.74, 6) is 0. The van der Waals surface area contributed by atoms with E-state index in [0.717, 1.165) is 6.07 Å². The number of aromatic nitrogens is 1. The van der Waals surface area contributed by atoms with Crippen LogP contribution in [0.5, 0.6) is 0 Å². The number of hydrogen-bond acceptors (Lipinski definition) is 3. The van der Waals surface area contributed by atoms with Crippen molar-refractivity contribution in [1.29, 1.82) is 0 Å². The van der Waals surface area contributed by atoms with E-state index < -0.39 is 17.5 Å². The van der Waals surface area contributed by atoms with E-state index in [-0.39, 0.29) is 6.54 Å².